The summed E-state index contributed by atoms with van der Waals surface area (Å²) in [6, 6.07) is 0. The standard InChI is InChI=1S/2C6H15O4P.Ca/c2*1-5(2)9-11(7,8)10-6(3)4;/h2*5-6H,1-4H3,(H,7,8);/q;;+2/p-2. The molecule has 0 aromatic rings. The minimum absolute atomic E-state index is 0. The molecule has 0 rings (SSSR count). The van der Waals surface area contributed by atoms with Crippen LogP contribution in [0.1, 0.15) is 55.4 Å². The maximum atomic E-state index is 10.8. The molecule has 0 atom stereocenters. The van der Waals surface area contributed by atoms with Crippen LogP contribution in [0.4, 0.5) is 0 Å². The molecule has 0 amide bonds. The quantitative estimate of drug-likeness (QED) is 0.448. The molecule has 0 aromatic heterocycles. The molecule has 8 nitrogen and oxygen atoms in total. The molecule has 0 bridgehead atoms. The van der Waals surface area contributed by atoms with Crippen LogP contribution in [0.15, 0.2) is 0 Å². The first-order valence-corrected chi connectivity index (χ1v) is 9.94. The number of hydrogen-bond acceptors (Lipinski definition) is 8. The van der Waals surface area contributed by atoms with Gasteiger partial charge in [0.1, 0.15) is 0 Å². The van der Waals surface area contributed by atoms with Crippen LogP contribution in [0.3, 0.4) is 0 Å². The van der Waals surface area contributed by atoms with Crippen molar-refractivity contribution in [2.24, 2.45) is 0 Å². The molecule has 0 unspecified atom stereocenters. The summed E-state index contributed by atoms with van der Waals surface area (Å²) in [6.07, 6.45) is -1.46. The van der Waals surface area contributed by atoms with Gasteiger partial charge in [-0.2, -0.15) is 0 Å². The molecule has 0 aliphatic carbocycles. The summed E-state index contributed by atoms with van der Waals surface area (Å²) < 4.78 is 39.8. The number of phosphoric acid groups is 2. The van der Waals surface area contributed by atoms with Gasteiger partial charge in [-0.15, -0.1) is 0 Å². The van der Waals surface area contributed by atoms with E-state index in [0.29, 0.717) is 0 Å². The van der Waals surface area contributed by atoms with Crippen molar-refractivity contribution < 1.29 is 37.0 Å². The van der Waals surface area contributed by atoms with Crippen LogP contribution >= 0.6 is 15.6 Å². The Morgan fingerprint density at radius 1 is 0.565 bits per heavy atom. The SMILES string of the molecule is CC(C)OP(=O)([O-])OC(C)C.CC(C)OP(=O)([O-])OC(C)C.[Ca+2]. The van der Waals surface area contributed by atoms with E-state index in [-0.39, 0.29) is 62.2 Å². The van der Waals surface area contributed by atoms with E-state index in [1.165, 1.54) is 0 Å². The maximum absolute atomic E-state index is 10.8. The van der Waals surface area contributed by atoms with Crippen molar-refractivity contribution >= 4 is 53.4 Å². The Balaban J connectivity index is -0.000000333. The number of phosphoric ester groups is 2. The van der Waals surface area contributed by atoms with Gasteiger partial charge in [0.2, 0.25) is 0 Å². The van der Waals surface area contributed by atoms with Crippen LogP contribution in [0.25, 0.3) is 0 Å². The third-order valence-corrected chi connectivity index (χ3v) is 4.08. The molecule has 0 radical (unpaired) electrons. The Morgan fingerprint density at radius 3 is 0.783 bits per heavy atom. The van der Waals surface area contributed by atoms with Crippen molar-refractivity contribution in [1.82, 2.24) is 0 Å². The summed E-state index contributed by atoms with van der Waals surface area (Å²) in [4.78, 5) is 21.7. The topological polar surface area (TPSA) is 117 Å². The van der Waals surface area contributed by atoms with Gasteiger partial charge in [-0.1, -0.05) is 0 Å². The molecule has 0 saturated carbocycles. The van der Waals surface area contributed by atoms with Crippen LogP contribution in [-0.4, -0.2) is 62.2 Å². The van der Waals surface area contributed by atoms with Crippen molar-refractivity contribution in [3.05, 3.63) is 0 Å². The Labute approximate surface area is 169 Å². The Kier molecular flexibility index (Phi) is 17.4. The molecule has 0 saturated heterocycles. The zero-order valence-electron chi connectivity index (χ0n) is 15.2. The Bertz CT molecular complexity index is 323. The van der Waals surface area contributed by atoms with E-state index in [0.717, 1.165) is 0 Å². The summed E-state index contributed by atoms with van der Waals surface area (Å²) in [7, 11) is -8.11. The maximum Gasteiger partial charge on any atom is 2.00 e. The van der Waals surface area contributed by atoms with Gasteiger partial charge < -0.3 is 27.9 Å². The molecular weight excluding hydrogens is 374 g/mol. The first-order chi connectivity index (χ1) is 9.67. The van der Waals surface area contributed by atoms with Gasteiger partial charge in [0.15, 0.2) is 0 Å². The predicted octanol–water partition coefficient (Wildman–Crippen LogP) is 2.23. The molecule has 11 heteroatoms. The molecule has 0 aliphatic heterocycles. The molecule has 0 aromatic carbocycles. The first kappa shape index (κ1) is 29.3. The summed E-state index contributed by atoms with van der Waals surface area (Å²) in [6.45, 7) is 13.1. The molecule has 0 aliphatic rings. The fourth-order valence-corrected chi connectivity index (χ4v) is 3.25. The normalized spacial score (nSPS) is 12.4. The summed E-state index contributed by atoms with van der Waals surface area (Å²) in [5.41, 5.74) is 0. The molecule has 0 spiro atoms. The van der Waals surface area contributed by atoms with Gasteiger partial charge in [0, 0.05) is 0 Å². The molecular formula is C12H28CaO8P2. The van der Waals surface area contributed by atoms with Crippen LogP contribution in [0.2, 0.25) is 0 Å². The summed E-state index contributed by atoms with van der Waals surface area (Å²) in [5, 5.41) is 0. The van der Waals surface area contributed by atoms with Crippen molar-refractivity contribution in [3.63, 3.8) is 0 Å². The van der Waals surface area contributed by atoms with Gasteiger partial charge in [0.25, 0.3) is 15.6 Å². The zero-order valence-corrected chi connectivity index (χ0v) is 19.2. The second-order valence-electron chi connectivity index (χ2n) is 5.51. The average molecular weight is 402 g/mol. The van der Waals surface area contributed by atoms with Crippen LogP contribution in [0.5, 0.6) is 0 Å². The van der Waals surface area contributed by atoms with E-state index in [9.17, 15) is 18.9 Å². The van der Waals surface area contributed by atoms with Crippen LogP contribution in [0, 0.1) is 0 Å². The molecule has 136 valence electrons. The number of rotatable bonds is 8. The second kappa shape index (κ2) is 13.7. The summed E-state index contributed by atoms with van der Waals surface area (Å²) >= 11 is 0. The smallest absolute Gasteiger partial charge is 0.756 e. The fourth-order valence-electron chi connectivity index (χ4n) is 1.08. The van der Waals surface area contributed by atoms with Gasteiger partial charge in [-0.05, 0) is 55.4 Å². The zero-order chi connectivity index (χ0) is 18.1. The second-order valence-corrected chi connectivity index (χ2v) is 8.14. The molecule has 23 heavy (non-hydrogen) atoms. The molecule has 0 fully saturated rings. The third-order valence-electron chi connectivity index (χ3n) is 1.36. The first-order valence-electron chi connectivity index (χ1n) is 7.02. The van der Waals surface area contributed by atoms with E-state index in [4.69, 9.17) is 0 Å². The van der Waals surface area contributed by atoms with E-state index in [2.05, 4.69) is 18.1 Å². The van der Waals surface area contributed by atoms with Crippen molar-refractivity contribution in [2.75, 3.05) is 0 Å². The summed E-state index contributed by atoms with van der Waals surface area (Å²) in [5.74, 6) is 0. The van der Waals surface area contributed by atoms with Gasteiger partial charge in [0.05, 0.1) is 24.4 Å². The van der Waals surface area contributed by atoms with E-state index in [1.807, 2.05) is 0 Å². The van der Waals surface area contributed by atoms with E-state index < -0.39 is 15.6 Å². The van der Waals surface area contributed by atoms with Gasteiger partial charge in [-0.3, -0.25) is 9.13 Å². The van der Waals surface area contributed by atoms with Crippen LogP contribution in [-0.2, 0) is 27.2 Å². The van der Waals surface area contributed by atoms with Crippen molar-refractivity contribution in [2.45, 2.75) is 79.8 Å². The van der Waals surface area contributed by atoms with Gasteiger partial charge in [-0.25, -0.2) is 0 Å². The fraction of sp³-hybridized carbons (Fsp3) is 1.00. The Hall–Kier alpha value is 1.48. The minimum atomic E-state index is -4.05. The van der Waals surface area contributed by atoms with Crippen LogP contribution < -0.4 is 9.79 Å². The average Bonchev–Trinajstić information content (AvgIpc) is 2.06. The predicted molar refractivity (Wildman–Crippen MR) is 85.9 cm³/mol. The third kappa shape index (κ3) is 23.5. The largest absolute Gasteiger partial charge is 2.00 e. The van der Waals surface area contributed by atoms with Crippen molar-refractivity contribution in [3.8, 4) is 0 Å². The monoisotopic (exact) mass is 402 g/mol. The van der Waals surface area contributed by atoms with E-state index in [1.54, 1.807) is 55.4 Å². The van der Waals surface area contributed by atoms with E-state index >= 15 is 0 Å². The molecule has 0 N–H and O–H groups in total. The number of hydrogen-bond donors (Lipinski definition) is 0. The Morgan fingerprint density at radius 2 is 0.696 bits per heavy atom. The van der Waals surface area contributed by atoms with Crippen molar-refractivity contribution in [1.29, 1.82) is 0 Å². The molecule has 0 heterocycles. The van der Waals surface area contributed by atoms with Gasteiger partial charge >= 0.3 is 37.7 Å². The minimum Gasteiger partial charge on any atom is -0.756 e.